The molecule has 2 aliphatic rings. The SMILES string of the molecule is CSc1nc2n(n1)[C@H](c1cccc(C)c1)C1=C(CCCC1=O)N2. The second-order valence-electron chi connectivity index (χ2n) is 5.98. The van der Waals surface area contributed by atoms with Gasteiger partial charge in [-0.25, -0.2) is 4.68 Å². The molecular weight excluding hydrogens is 308 g/mol. The largest absolute Gasteiger partial charge is 0.328 e. The Kier molecular flexibility index (Phi) is 3.49. The Labute approximate surface area is 139 Å². The van der Waals surface area contributed by atoms with Gasteiger partial charge in [-0.15, -0.1) is 5.10 Å². The maximum Gasteiger partial charge on any atom is 0.227 e. The summed E-state index contributed by atoms with van der Waals surface area (Å²) in [5.74, 6) is 0.950. The third kappa shape index (κ3) is 2.37. The van der Waals surface area contributed by atoms with Crippen LogP contribution in [0.2, 0.25) is 0 Å². The Balaban J connectivity index is 1.92. The Bertz CT molecular complexity index is 824. The smallest absolute Gasteiger partial charge is 0.227 e. The fourth-order valence-corrected chi connectivity index (χ4v) is 3.72. The molecule has 2 aromatic rings. The van der Waals surface area contributed by atoms with Crippen LogP contribution in [0.3, 0.4) is 0 Å². The summed E-state index contributed by atoms with van der Waals surface area (Å²) in [6.45, 7) is 2.07. The summed E-state index contributed by atoms with van der Waals surface area (Å²) < 4.78 is 1.86. The molecule has 23 heavy (non-hydrogen) atoms. The van der Waals surface area contributed by atoms with E-state index in [0.717, 1.165) is 40.8 Å². The van der Waals surface area contributed by atoms with Crippen LogP contribution in [0.1, 0.15) is 36.4 Å². The maximum atomic E-state index is 12.6. The number of nitrogens with one attached hydrogen (secondary N) is 1. The minimum Gasteiger partial charge on any atom is -0.328 e. The van der Waals surface area contributed by atoms with Gasteiger partial charge >= 0.3 is 0 Å². The number of fused-ring (bicyclic) bond motifs is 1. The molecule has 0 saturated heterocycles. The van der Waals surface area contributed by atoms with E-state index in [-0.39, 0.29) is 11.8 Å². The van der Waals surface area contributed by atoms with E-state index in [0.29, 0.717) is 6.42 Å². The van der Waals surface area contributed by atoms with Gasteiger partial charge in [0.15, 0.2) is 5.78 Å². The molecular formula is C17H18N4OS. The lowest BCUT2D eigenvalue weighted by Gasteiger charge is -2.32. The average Bonchev–Trinajstić information content (AvgIpc) is 2.96. The van der Waals surface area contributed by atoms with Gasteiger partial charge in [0.2, 0.25) is 11.1 Å². The second-order valence-corrected chi connectivity index (χ2v) is 6.75. The minimum absolute atomic E-state index is 0.178. The number of anilines is 1. The number of rotatable bonds is 2. The highest BCUT2D eigenvalue weighted by atomic mass is 32.2. The molecule has 1 aromatic carbocycles. The van der Waals surface area contributed by atoms with E-state index in [1.807, 2.05) is 17.0 Å². The van der Waals surface area contributed by atoms with Crippen molar-refractivity contribution in [2.75, 3.05) is 11.6 Å². The van der Waals surface area contributed by atoms with Crippen molar-refractivity contribution in [1.82, 2.24) is 14.8 Å². The van der Waals surface area contributed by atoms with Gasteiger partial charge in [-0.3, -0.25) is 4.79 Å². The molecule has 118 valence electrons. The van der Waals surface area contributed by atoms with Crippen molar-refractivity contribution in [3.05, 3.63) is 46.7 Å². The van der Waals surface area contributed by atoms with Crippen LogP contribution in [0.5, 0.6) is 0 Å². The molecule has 0 radical (unpaired) electrons. The molecule has 1 atom stereocenters. The van der Waals surface area contributed by atoms with E-state index in [1.165, 1.54) is 17.3 Å². The number of aromatic nitrogens is 3. The highest BCUT2D eigenvalue weighted by Crippen LogP contribution is 2.40. The van der Waals surface area contributed by atoms with Gasteiger partial charge in [-0.1, -0.05) is 41.6 Å². The zero-order valence-corrected chi connectivity index (χ0v) is 14.0. The number of benzene rings is 1. The minimum atomic E-state index is -0.178. The molecule has 0 saturated carbocycles. The molecule has 0 bridgehead atoms. The third-order valence-corrected chi connectivity index (χ3v) is 4.93. The zero-order valence-electron chi connectivity index (χ0n) is 13.2. The number of ketones is 1. The first-order valence-corrected chi connectivity index (χ1v) is 9.00. The van der Waals surface area contributed by atoms with Gasteiger partial charge in [0, 0.05) is 17.7 Å². The topological polar surface area (TPSA) is 59.8 Å². The summed E-state index contributed by atoms with van der Waals surface area (Å²) >= 11 is 1.51. The van der Waals surface area contributed by atoms with Gasteiger partial charge in [0.25, 0.3) is 0 Å². The Morgan fingerprint density at radius 1 is 1.35 bits per heavy atom. The molecule has 1 N–H and O–H groups in total. The van der Waals surface area contributed by atoms with E-state index >= 15 is 0 Å². The molecule has 1 aromatic heterocycles. The molecule has 0 fully saturated rings. The first-order chi connectivity index (χ1) is 11.2. The maximum absolute atomic E-state index is 12.6. The van der Waals surface area contributed by atoms with Crippen LogP contribution in [0.25, 0.3) is 0 Å². The van der Waals surface area contributed by atoms with Crippen LogP contribution < -0.4 is 5.32 Å². The molecule has 4 rings (SSSR count). The van der Waals surface area contributed by atoms with Gasteiger partial charge in [0.05, 0.1) is 0 Å². The first kappa shape index (κ1) is 14.5. The fourth-order valence-electron chi connectivity index (χ4n) is 3.37. The number of aryl methyl sites for hydroxylation is 1. The van der Waals surface area contributed by atoms with Crippen LogP contribution in [0.15, 0.2) is 40.7 Å². The average molecular weight is 326 g/mol. The predicted molar refractivity (Wildman–Crippen MR) is 90.6 cm³/mol. The van der Waals surface area contributed by atoms with Gasteiger partial charge in [-0.05, 0) is 31.6 Å². The molecule has 6 heteroatoms. The summed E-state index contributed by atoms with van der Waals surface area (Å²) in [5, 5.41) is 8.65. The Morgan fingerprint density at radius 3 is 3.00 bits per heavy atom. The molecule has 0 amide bonds. The lowest BCUT2D eigenvalue weighted by molar-refractivity contribution is -0.116. The molecule has 0 spiro atoms. The van der Waals surface area contributed by atoms with Crippen LogP contribution in [0.4, 0.5) is 5.95 Å². The van der Waals surface area contributed by atoms with Crippen molar-refractivity contribution < 1.29 is 4.79 Å². The molecule has 1 aliphatic carbocycles. The summed E-state index contributed by atoms with van der Waals surface area (Å²) in [5.41, 5.74) is 4.14. The third-order valence-electron chi connectivity index (χ3n) is 4.39. The molecule has 1 aliphatic heterocycles. The number of nitrogens with zero attached hydrogens (tertiary/aromatic N) is 3. The lowest BCUT2D eigenvalue weighted by Crippen LogP contribution is -2.31. The van der Waals surface area contributed by atoms with E-state index in [4.69, 9.17) is 0 Å². The van der Waals surface area contributed by atoms with Gasteiger partial charge in [-0.2, -0.15) is 4.98 Å². The van der Waals surface area contributed by atoms with Crippen LogP contribution in [0, 0.1) is 6.92 Å². The summed E-state index contributed by atoms with van der Waals surface area (Å²) in [7, 11) is 0. The number of Topliss-reactive ketones (excluding diaryl/α,β-unsaturated/α-hetero) is 1. The molecule has 5 nitrogen and oxygen atoms in total. The number of hydrogen-bond acceptors (Lipinski definition) is 5. The standard InChI is InChI=1S/C17H18N4OS/c1-10-5-3-6-11(9-10)15-14-12(7-4-8-13(14)22)18-16-19-17(23-2)20-21(15)16/h3,5-6,9,15H,4,7-8H2,1-2H3,(H,18,19,20)/t15-/m1/s1. The van der Waals surface area contributed by atoms with E-state index in [1.54, 1.807) is 0 Å². The second kappa shape index (κ2) is 5.53. The van der Waals surface area contributed by atoms with Crippen molar-refractivity contribution in [2.24, 2.45) is 0 Å². The predicted octanol–water partition coefficient (Wildman–Crippen LogP) is 3.33. The quantitative estimate of drug-likeness (QED) is 0.858. The van der Waals surface area contributed by atoms with Crippen LogP contribution in [-0.2, 0) is 4.79 Å². The van der Waals surface area contributed by atoms with Crippen molar-refractivity contribution in [3.8, 4) is 0 Å². The zero-order chi connectivity index (χ0) is 16.0. The summed E-state index contributed by atoms with van der Waals surface area (Å²) in [6, 6.07) is 8.12. The fraction of sp³-hybridized carbons (Fsp3) is 0.353. The van der Waals surface area contributed by atoms with E-state index in [2.05, 4.69) is 40.5 Å². The van der Waals surface area contributed by atoms with Crippen LogP contribution in [-0.4, -0.2) is 26.8 Å². The highest BCUT2D eigenvalue weighted by molar-refractivity contribution is 7.98. The number of carbonyl (C=O) groups excluding carboxylic acids is 1. The van der Waals surface area contributed by atoms with Crippen molar-refractivity contribution >= 4 is 23.5 Å². The van der Waals surface area contributed by atoms with E-state index in [9.17, 15) is 4.79 Å². The Morgan fingerprint density at radius 2 is 2.22 bits per heavy atom. The number of hydrogen-bond donors (Lipinski definition) is 1. The first-order valence-electron chi connectivity index (χ1n) is 7.77. The highest BCUT2D eigenvalue weighted by Gasteiger charge is 2.36. The van der Waals surface area contributed by atoms with Crippen molar-refractivity contribution in [2.45, 2.75) is 37.4 Å². The molecule has 2 heterocycles. The van der Waals surface area contributed by atoms with Crippen molar-refractivity contribution in [3.63, 3.8) is 0 Å². The summed E-state index contributed by atoms with van der Waals surface area (Å²) in [4.78, 5) is 17.2. The summed E-state index contributed by atoms with van der Waals surface area (Å²) in [6.07, 6.45) is 4.36. The monoisotopic (exact) mass is 326 g/mol. The lowest BCUT2D eigenvalue weighted by atomic mass is 9.85. The number of allylic oxidation sites excluding steroid dienone is 2. The normalized spacial score (nSPS) is 20.1. The number of carbonyl (C=O) groups is 1. The van der Waals surface area contributed by atoms with Crippen molar-refractivity contribution in [1.29, 1.82) is 0 Å². The van der Waals surface area contributed by atoms with E-state index < -0.39 is 0 Å². The van der Waals surface area contributed by atoms with Gasteiger partial charge < -0.3 is 5.32 Å². The Hall–Kier alpha value is -2.08. The van der Waals surface area contributed by atoms with Crippen LogP contribution >= 0.6 is 11.8 Å². The molecule has 0 unspecified atom stereocenters. The number of thioether (sulfide) groups is 1. The van der Waals surface area contributed by atoms with Gasteiger partial charge in [0.1, 0.15) is 6.04 Å².